The second-order valence-corrected chi connectivity index (χ2v) is 7.26. The maximum Gasteiger partial charge on any atom is 0.235 e. The summed E-state index contributed by atoms with van der Waals surface area (Å²) in [5.74, 6) is 2.65. The van der Waals surface area contributed by atoms with Crippen LogP contribution in [0.3, 0.4) is 0 Å². The minimum Gasteiger partial charge on any atom is -0.477 e. The molecular formula is C21H25N7O2. The minimum atomic E-state index is 0.241. The van der Waals surface area contributed by atoms with Gasteiger partial charge in [-0.3, -0.25) is 0 Å². The van der Waals surface area contributed by atoms with Gasteiger partial charge in [0.2, 0.25) is 17.7 Å². The number of aromatic nitrogens is 6. The van der Waals surface area contributed by atoms with Gasteiger partial charge in [0.15, 0.2) is 0 Å². The third kappa shape index (κ3) is 3.70. The monoisotopic (exact) mass is 407 g/mol. The molecule has 0 saturated carbocycles. The van der Waals surface area contributed by atoms with Crippen LogP contribution in [0.5, 0.6) is 5.88 Å². The standard InChI is InChI=1S/C21H25N7O2/c1-6-29-21-15(8-7-9-22-21)16-10-17(23-11-18-26-25-14(5)30-18)20-19(12(2)3)24-13(4)28(20)27-16/h7-10,12,23H,6,11H2,1-5H3. The van der Waals surface area contributed by atoms with Crippen LogP contribution >= 0.6 is 0 Å². The van der Waals surface area contributed by atoms with Crippen LogP contribution in [0.25, 0.3) is 16.8 Å². The fourth-order valence-corrected chi connectivity index (χ4v) is 3.35. The fraction of sp³-hybridized carbons (Fsp3) is 0.381. The largest absolute Gasteiger partial charge is 0.477 e. The Morgan fingerprint density at radius 3 is 2.77 bits per heavy atom. The molecule has 0 aromatic carbocycles. The molecule has 9 heteroatoms. The molecule has 0 radical (unpaired) electrons. The highest BCUT2D eigenvalue weighted by molar-refractivity contribution is 5.80. The zero-order valence-corrected chi connectivity index (χ0v) is 17.8. The first-order valence-corrected chi connectivity index (χ1v) is 9.99. The second kappa shape index (κ2) is 8.10. The van der Waals surface area contributed by atoms with E-state index in [1.54, 1.807) is 13.1 Å². The van der Waals surface area contributed by atoms with Crippen molar-refractivity contribution in [3.63, 3.8) is 0 Å². The molecule has 1 N–H and O–H groups in total. The number of hydrogen-bond acceptors (Lipinski definition) is 8. The lowest BCUT2D eigenvalue weighted by Gasteiger charge is -2.13. The van der Waals surface area contributed by atoms with E-state index in [0.29, 0.717) is 30.8 Å². The van der Waals surface area contributed by atoms with Crippen LogP contribution in [0.4, 0.5) is 5.69 Å². The molecule has 9 nitrogen and oxygen atoms in total. The Hall–Kier alpha value is -3.49. The smallest absolute Gasteiger partial charge is 0.235 e. The molecule has 4 rings (SSSR count). The summed E-state index contributed by atoms with van der Waals surface area (Å²) in [6.45, 7) is 10.8. The SMILES string of the molecule is CCOc1ncccc1-c1cc(NCc2nnc(C)o2)c2c(C(C)C)nc(C)n2n1. The molecule has 4 heterocycles. The molecule has 30 heavy (non-hydrogen) atoms. The molecule has 0 aliphatic carbocycles. The van der Waals surface area contributed by atoms with Gasteiger partial charge in [0.1, 0.15) is 11.3 Å². The predicted molar refractivity (Wildman–Crippen MR) is 113 cm³/mol. The van der Waals surface area contributed by atoms with Crippen LogP contribution in [0.2, 0.25) is 0 Å². The first-order valence-electron chi connectivity index (χ1n) is 9.99. The molecule has 0 atom stereocenters. The lowest BCUT2D eigenvalue weighted by Crippen LogP contribution is -2.07. The predicted octanol–water partition coefficient (Wildman–Crippen LogP) is 3.93. The number of fused-ring (bicyclic) bond motifs is 1. The summed E-state index contributed by atoms with van der Waals surface area (Å²) in [5, 5.41) is 16.3. The van der Waals surface area contributed by atoms with Gasteiger partial charge in [-0.15, -0.1) is 10.2 Å². The molecule has 156 valence electrons. The van der Waals surface area contributed by atoms with E-state index in [-0.39, 0.29) is 5.92 Å². The molecule has 0 aliphatic heterocycles. The highest BCUT2D eigenvalue weighted by atomic mass is 16.5. The van der Waals surface area contributed by atoms with Crippen molar-refractivity contribution in [2.45, 2.75) is 47.1 Å². The number of nitrogens with one attached hydrogen (secondary N) is 1. The van der Waals surface area contributed by atoms with Gasteiger partial charge in [0.25, 0.3) is 0 Å². The maximum atomic E-state index is 5.72. The average Bonchev–Trinajstić information content (AvgIpc) is 3.30. The summed E-state index contributed by atoms with van der Waals surface area (Å²) in [5.41, 5.74) is 4.35. The van der Waals surface area contributed by atoms with Gasteiger partial charge in [-0.05, 0) is 38.0 Å². The Morgan fingerprint density at radius 1 is 1.23 bits per heavy atom. The maximum absolute atomic E-state index is 5.72. The summed E-state index contributed by atoms with van der Waals surface area (Å²) in [4.78, 5) is 9.13. The Kier molecular flexibility index (Phi) is 5.35. The normalized spacial score (nSPS) is 11.4. The number of aryl methyl sites for hydroxylation is 2. The summed E-state index contributed by atoms with van der Waals surface area (Å²) < 4.78 is 13.1. The van der Waals surface area contributed by atoms with Crippen LogP contribution in [0, 0.1) is 13.8 Å². The Balaban J connectivity index is 1.86. The van der Waals surface area contributed by atoms with Crippen molar-refractivity contribution in [2.75, 3.05) is 11.9 Å². The van der Waals surface area contributed by atoms with Crippen molar-refractivity contribution in [2.24, 2.45) is 0 Å². The van der Waals surface area contributed by atoms with Crippen molar-refractivity contribution in [3.8, 4) is 17.1 Å². The third-order valence-corrected chi connectivity index (χ3v) is 4.66. The van der Waals surface area contributed by atoms with E-state index in [1.165, 1.54) is 0 Å². The average molecular weight is 407 g/mol. The van der Waals surface area contributed by atoms with Gasteiger partial charge in [-0.2, -0.15) is 5.10 Å². The minimum absolute atomic E-state index is 0.241. The number of hydrogen-bond donors (Lipinski definition) is 1. The Bertz CT molecular complexity index is 1180. The number of pyridine rings is 1. The van der Waals surface area contributed by atoms with Crippen LogP contribution in [0.1, 0.15) is 50.0 Å². The zero-order chi connectivity index (χ0) is 21.3. The van der Waals surface area contributed by atoms with Gasteiger partial charge in [-0.25, -0.2) is 14.5 Å². The van der Waals surface area contributed by atoms with E-state index >= 15 is 0 Å². The van der Waals surface area contributed by atoms with Gasteiger partial charge in [0.05, 0.1) is 35.8 Å². The number of nitrogens with zero attached hydrogens (tertiary/aromatic N) is 6. The van der Waals surface area contributed by atoms with E-state index in [2.05, 4.69) is 34.3 Å². The summed E-state index contributed by atoms with van der Waals surface area (Å²) in [6.07, 6.45) is 1.71. The second-order valence-electron chi connectivity index (χ2n) is 7.26. The fourth-order valence-electron chi connectivity index (χ4n) is 3.35. The third-order valence-electron chi connectivity index (χ3n) is 4.66. The van der Waals surface area contributed by atoms with Gasteiger partial charge >= 0.3 is 0 Å². The van der Waals surface area contributed by atoms with Crippen molar-refractivity contribution in [3.05, 3.63) is 47.7 Å². The summed E-state index contributed by atoms with van der Waals surface area (Å²) in [7, 11) is 0. The molecule has 4 aromatic rings. The first-order chi connectivity index (χ1) is 14.5. The topological polar surface area (TPSA) is 103 Å². The summed E-state index contributed by atoms with van der Waals surface area (Å²) >= 11 is 0. The van der Waals surface area contributed by atoms with Crippen LogP contribution in [0.15, 0.2) is 28.8 Å². The highest BCUT2D eigenvalue weighted by Gasteiger charge is 2.20. The lowest BCUT2D eigenvalue weighted by atomic mass is 10.1. The zero-order valence-electron chi connectivity index (χ0n) is 17.8. The van der Waals surface area contributed by atoms with Gasteiger partial charge < -0.3 is 14.5 Å². The van der Waals surface area contributed by atoms with E-state index < -0.39 is 0 Å². The number of ether oxygens (including phenoxy) is 1. The molecule has 0 aliphatic rings. The van der Waals surface area contributed by atoms with Crippen molar-refractivity contribution in [1.29, 1.82) is 0 Å². The van der Waals surface area contributed by atoms with E-state index in [4.69, 9.17) is 19.2 Å². The number of imidazole rings is 1. The molecule has 0 bridgehead atoms. The van der Waals surface area contributed by atoms with E-state index in [9.17, 15) is 0 Å². The van der Waals surface area contributed by atoms with Crippen molar-refractivity contribution in [1.82, 2.24) is 29.8 Å². The van der Waals surface area contributed by atoms with Crippen LogP contribution < -0.4 is 10.1 Å². The Labute approximate surface area is 174 Å². The molecule has 0 saturated heterocycles. The molecule has 4 aromatic heterocycles. The summed E-state index contributed by atoms with van der Waals surface area (Å²) in [6, 6.07) is 5.82. The Morgan fingerprint density at radius 2 is 2.07 bits per heavy atom. The van der Waals surface area contributed by atoms with Crippen molar-refractivity contribution >= 4 is 11.2 Å². The quantitative estimate of drug-likeness (QED) is 0.492. The van der Waals surface area contributed by atoms with E-state index in [1.807, 2.05) is 36.6 Å². The first kappa shape index (κ1) is 19.8. The van der Waals surface area contributed by atoms with Crippen LogP contribution in [-0.2, 0) is 6.54 Å². The van der Waals surface area contributed by atoms with Crippen LogP contribution in [-0.4, -0.2) is 36.4 Å². The lowest BCUT2D eigenvalue weighted by molar-refractivity contribution is 0.328. The number of anilines is 1. The number of rotatable bonds is 7. The molecule has 0 fully saturated rings. The van der Waals surface area contributed by atoms with Crippen molar-refractivity contribution < 1.29 is 9.15 Å². The molecule has 0 spiro atoms. The van der Waals surface area contributed by atoms with E-state index in [0.717, 1.165) is 34.0 Å². The van der Waals surface area contributed by atoms with Gasteiger partial charge in [-0.1, -0.05) is 13.8 Å². The highest BCUT2D eigenvalue weighted by Crippen LogP contribution is 2.33. The molecule has 0 unspecified atom stereocenters. The van der Waals surface area contributed by atoms with Gasteiger partial charge in [0, 0.05) is 13.1 Å². The molecular weight excluding hydrogens is 382 g/mol. The molecule has 0 amide bonds.